The molecule has 90 valence electrons. The Kier molecular flexibility index (Phi) is 2.63. The molecule has 1 aromatic rings. The van der Waals surface area contributed by atoms with Gasteiger partial charge in [0.1, 0.15) is 11.9 Å². The molecule has 4 nitrogen and oxygen atoms in total. The van der Waals surface area contributed by atoms with Gasteiger partial charge < -0.3 is 15.8 Å². The summed E-state index contributed by atoms with van der Waals surface area (Å²) in [6, 6.07) is 8.69. The number of fused-ring (bicyclic) bond motifs is 1. The molecule has 1 aliphatic heterocycles. The molecule has 0 amide bonds. The molecule has 3 rings (SSSR count). The maximum Gasteiger partial charge on any atom is 0.188 e. The average molecular weight is 231 g/mol. The van der Waals surface area contributed by atoms with Crippen molar-refractivity contribution in [2.45, 2.75) is 31.4 Å². The second-order valence-corrected chi connectivity index (χ2v) is 4.70. The predicted octanol–water partition coefficient (Wildman–Crippen LogP) is 1.06. The molecular formula is C13H17N3O. The van der Waals surface area contributed by atoms with Crippen molar-refractivity contribution >= 4 is 5.96 Å². The number of aliphatic imine (C=N–C) groups is 1. The van der Waals surface area contributed by atoms with Crippen molar-refractivity contribution in [3.05, 3.63) is 29.8 Å². The lowest BCUT2D eigenvalue weighted by Crippen LogP contribution is -2.34. The number of rotatable bonds is 3. The van der Waals surface area contributed by atoms with Crippen LogP contribution in [0, 0.1) is 0 Å². The Hall–Kier alpha value is -1.71. The van der Waals surface area contributed by atoms with Gasteiger partial charge >= 0.3 is 0 Å². The largest absolute Gasteiger partial charge is 0.488 e. The molecule has 2 aliphatic rings. The zero-order valence-corrected chi connectivity index (χ0v) is 9.73. The molecule has 1 aromatic carbocycles. The Morgan fingerprint density at radius 3 is 3.00 bits per heavy atom. The fourth-order valence-electron chi connectivity index (χ4n) is 2.04. The van der Waals surface area contributed by atoms with Crippen molar-refractivity contribution in [3.8, 4) is 5.75 Å². The molecule has 0 spiro atoms. The summed E-state index contributed by atoms with van der Waals surface area (Å²) in [4.78, 5) is 4.33. The van der Waals surface area contributed by atoms with Crippen molar-refractivity contribution in [3.63, 3.8) is 0 Å². The van der Waals surface area contributed by atoms with Gasteiger partial charge in [-0.3, -0.25) is 0 Å². The zero-order valence-electron chi connectivity index (χ0n) is 9.73. The molecule has 17 heavy (non-hydrogen) atoms. The molecule has 0 aromatic heterocycles. The second kappa shape index (κ2) is 4.28. The van der Waals surface area contributed by atoms with Crippen LogP contribution >= 0.6 is 0 Å². The van der Waals surface area contributed by atoms with E-state index in [1.807, 2.05) is 18.2 Å². The van der Waals surface area contributed by atoms with Crippen LogP contribution in [0.1, 0.15) is 18.4 Å². The van der Waals surface area contributed by atoms with E-state index in [-0.39, 0.29) is 6.10 Å². The number of para-hydroxylation sites is 1. The lowest BCUT2D eigenvalue weighted by Gasteiger charge is -2.08. The lowest BCUT2D eigenvalue weighted by atomic mass is 10.1. The molecule has 4 heteroatoms. The molecule has 1 heterocycles. The van der Waals surface area contributed by atoms with E-state index >= 15 is 0 Å². The third-order valence-corrected chi connectivity index (χ3v) is 3.11. The first-order valence-corrected chi connectivity index (χ1v) is 6.12. The van der Waals surface area contributed by atoms with Gasteiger partial charge in [-0.25, -0.2) is 4.99 Å². The Morgan fingerprint density at radius 1 is 1.41 bits per heavy atom. The normalized spacial score (nSPS) is 23.1. The summed E-state index contributed by atoms with van der Waals surface area (Å²) in [5.74, 6) is 1.54. The molecule has 1 atom stereocenters. The van der Waals surface area contributed by atoms with Crippen LogP contribution in [0.25, 0.3) is 0 Å². The quantitative estimate of drug-likeness (QED) is 0.604. The van der Waals surface area contributed by atoms with E-state index in [0.717, 1.165) is 12.2 Å². The Labute approximate surface area is 101 Å². The predicted molar refractivity (Wildman–Crippen MR) is 67.2 cm³/mol. The van der Waals surface area contributed by atoms with E-state index in [2.05, 4.69) is 16.4 Å². The first-order valence-electron chi connectivity index (χ1n) is 6.12. The summed E-state index contributed by atoms with van der Waals surface area (Å²) in [7, 11) is 0. The Morgan fingerprint density at radius 2 is 2.24 bits per heavy atom. The first-order chi connectivity index (χ1) is 8.31. The van der Waals surface area contributed by atoms with Gasteiger partial charge in [0.25, 0.3) is 0 Å². The van der Waals surface area contributed by atoms with Gasteiger partial charge in [0.15, 0.2) is 5.96 Å². The van der Waals surface area contributed by atoms with Gasteiger partial charge in [0.2, 0.25) is 0 Å². The summed E-state index contributed by atoms with van der Waals surface area (Å²) in [5.41, 5.74) is 7.05. The number of nitrogens with one attached hydrogen (secondary N) is 1. The van der Waals surface area contributed by atoms with Crippen molar-refractivity contribution in [2.75, 3.05) is 6.54 Å². The topological polar surface area (TPSA) is 59.6 Å². The average Bonchev–Trinajstić information content (AvgIpc) is 3.03. The summed E-state index contributed by atoms with van der Waals surface area (Å²) < 4.78 is 5.79. The molecule has 1 fully saturated rings. The van der Waals surface area contributed by atoms with Crippen LogP contribution in [-0.4, -0.2) is 24.7 Å². The number of guanidine groups is 1. The molecule has 0 radical (unpaired) electrons. The van der Waals surface area contributed by atoms with Crippen LogP contribution in [0.3, 0.4) is 0 Å². The van der Waals surface area contributed by atoms with E-state index in [9.17, 15) is 0 Å². The summed E-state index contributed by atoms with van der Waals surface area (Å²) in [6.07, 6.45) is 3.48. The van der Waals surface area contributed by atoms with Gasteiger partial charge in [-0.05, 0) is 24.5 Å². The highest BCUT2D eigenvalue weighted by Gasteiger charge is 2.23. The van der Waals surface area contributed by atoms with Gasteiger partial charge in [-0.15, -0.1) is 0 Å². The summed E-state index contributed by atoms with van der Waals surface area (Å²) >= 11 is 0. The molecule has 0 saturated heterocycles. The van der Waals surface area contributed by atoms with Crippen molar-refractivity contribution < 1.29 is 4.74 Å². The van der Waals surface area contributed by atoms with Crippen molar-refractivity contribution in [1.82, 2.24) is 5.32 Å². The fourth-order valence-corrected chi connectivity index (χ4v) is 2.04. The van der Waals surface area contributed by atoms with E-state index < -0.39 is 0 Å². The van der Waals surface area contributed by atoms with Crippen LogP contribution < -0.4 is 15.8 Å². The number of nitrogens with zero attached hydrogens (tertiary/aromatic N) is 1. The molecular weight excluding hydrogens is 214 g/mol. The summed E-state index contributed by atoms with van der Waals surface area (Å²) in [5, 5.41) is 3.17. The SMILES string of the molecule is NC(=NC[C@H]1Cc2ccccc2O1)NC1CC1. The molecule has 0 bridgehead atoms. The Balaban J connectivity index is 1.54. The molecule has 1 aliphatic carbocycles. The summed E-state index contributed by atoms with van der Waals surface area (Å²) in [6.45, 7) is 0.625. The Bertz CT molecular complexity index is 415. The van der Waals surface area contributed by atoms with Crippen LogP contribution in [0.2, 0.25) is 0 Å². The minimum atomic E-state index is 0.131. The van der Waals surface area contributed by atoms with Gasteiger partial charge in [0, 0.05) is 12.5 Å². The maximum atomic E-state index is 5.79. The second-order valence-electron chi connectivity index (χ2n) is 4.70. The van der Waals surface area contributed by atoms with E-state index in [1.165, 1.54) is 18.4 Å². The first kappa shape index (κ1) is 10.4. The van der Waals surface area contributed by atoms with Crippen LogP contribution in [-0.2, 0) is 6.42 Å². The van der Waals surface area contributed by atoms with Crippen LogP contribution in [0.4, 0.5) is 0 Å². The zero-order chi connectivity index (χ0) is 11.7. The number of hydrogen-bond acceptors (Lipinski definition) is 2. The molecule has 1 saturated carbocycles. The third kappa shape index (κ3) is 2.52. The minimum Gasteiger partial charge on any atom is -0.488 e. The standard InChI is InChI=1S/C13H17N3O/c14-13(16-10-5-6-10)15-8-11-7-9-3-1-2-4-12(9)17-11/h1-4,10-11H,5-8H2,(H3,14,15,16)/t11-/m1/s1. The third-order valence-electron chi connectivity index (χ3n) is 3.11. The van der Waals surface area contributed by atoms with Crippen molar-refractivity contribution in [1.29, 1.82) is 0 Å². The monoisotopic (exact) mass is 231 g/mol. The minimum absolute atomic E-state index is 0.131. The van der Waals surface area contributed by atoms with Gasteiger partial charge in [0.05, 0.1) is 6.54 Å². The highest BCUT2D eigenvalue weighted by Crippen LogP contribution is 2.28. The number of hydrogen-bond donors (Lipinski definition) is 2. The van der Waals surface area contributed by atoms with E-state index in [0.29, 0.717) is 18.5 Å². The smallest absolute Gasteiger partial charge is 0.188 e. The molecule has 0 unspecified atom stereocenters. The van der Waals surface area contributed by atoms with Gasteiger partial charge in [-0.2, -0.15) is 0 Å². The highest BCUT2D eigenvalue weighted by atomic mass is 16.5. The van der Waals surface area contributed by atoms with Crippen molar-refractivity contribution in [2.24, 2.45) is 10.7 Å². The van der Waals surface area contributed by atoms with Crippen LogP contribution in [0.15, 0.2) is 29.3 Å². The maximum absolute atomic E-state index is 5.79. The molecule has 3 N–H and O–H groups in total. The van der Waals surface area contributed by atoms with Crippen LogP contribution in [0.5, 0.6) is 5.75 Å². The highest BCUT2D eigenvalue weighted by molar-refractivity contribution is 5.78. The number of nitrogens with two attached hydrogens (primary N) is 1. The number of benzene rings is 1. The fraction of sp³-hybridized carbons (Fsp3) is 0.462. The number of ether oxygens (including phenoxy) is 1. The van der Waals surface area contributed by atoms with Gasteiger partial charge in [-0.1, -0.05) is 18.2 Å². The lowest BCUT2D eigenvalue weighted by molar-refractivity contribution is 0.242. The van der Waals surface area contributed by atoms with E-state index in [4.69, 9.17) is 10.5 Å². The van der Waals surface area contributed by atoms with E-state index in [1.54, 1.807) is 0 Å².